The second-order valence-electron chi connectivity index (χ2n) is 8.04. The van der Waals surface area contributed by atoms with Crippen molar-refractivity contribution in [2.45, 2.75) is 63.7 Å². The first-order valence-corrected chi connectivity index (χ1v) is 12.1. The molecule has 174 valence electrons. The predicted octanol–water partition coefficient (Wildman–Crippen LogP) is 3.67. The van der Waals surface area contributed by atoms with E-state index >= 15 is 0 Å². The summed E-state index contributed by atoms with van der Waals surface area (Å²) in [5, 5.41) is 14.3. The minimum absolute atomic E-state index is 0.00531. The van der Waals surface area contributed by atoms with Crippen molar-refractivity contribution in [2.75, 3.05) is 18.8 Å². The number of hydrogen-bond donors (Lipinski definition) is 2. The number of nitrogens with one attached hydrogen (secondary N) is 2. The molecule has 0 aliphatic carbocycles. The van der Waals surface area contributed by atoms with Crippen molar-refractivity contribution < 1.29 is 14.0 Å². The number of nitrogens with zero attached hydrogens (tertiary/aromatic N) is 4. The van der Waals surface area contributed by atoms with E-state index in [1.807, 2.05) is 18.4 Å². The van der Waals surface area contributed by atoms with E-state index in [2.05, 4.69) is 32.7 Å². The van der Waals surface area contributed by atoms with E-state index in [0.29, 0.717) is 5.16 Å². The van der Waals surface area contributed by atoms with E-state index in [1.54, 1.807) is 12.1 Å². The van der Waals surface area contributed by atoms with Crippen LogP contribution in [0.4, 0.5) is 9.18 Å². The Kier molecular flexibility index (Phi) is 8.63. The molecule has 2 heterocycles. The third-order valence-corrected chi connectivity index (χ3v) is 6.56. The number of benzene rings is 1. The van der Waals surface area contributed by atoms with Gasteiger partial charge in [0.25, 0.3) is 0 Å². The normalized spacial score (nSPS) is 16.4. The highest BCUT2D eigenvalue weighted by Crippen LogP contribution is 2.29. The van der Waals surface area contributed by atoms with Gasteiger partial charge in [-0.05, 0) is 70.5 Å². The molecule has 3 amide bonds. The molecule has 32 heavy (non-hydrogen) atoms. The molecule has 1 aromatic carbocycles. The van der Waals surface area contributed by atoms with Gasteiger partial charge in [0, 0.05) is 11.7 Å². The van der Waals surface area contributed by atoms with Crippen LogP contribution in [0.3, 0.4) is 0 Å². The van der Waals surface area contributed by atoms with Crippen molar-refractivity contribution in [2.24, 2.45) is 0 Å². The quantitative estimate of drug-likeness (QED) is 0.582. The fourth-order valence-corrected chi connectivity index (χ4v) is 4.36. The summed E-state index contributed by atoms with van der Waals surface area (Å²) in [5.41, 5.74) is 0.729. The fraction of sp³-hybridized carbons (Fsp3) is 0.545. The summed E-state index contributed by atoms with van der Waals surface area (Å²) in [7, 11) is 0. The second kappa shape index (κ2) is 11.4. The summed E-state index contributed by atoms with van der Waals surface area (Å²) in [6.07, 6.45) is 4.30. The topological polar surface area (TPSA) is 92.2 Å². The SMILES string of the molecule is CC[C@H](C)NC(=O)NC(=O)CSc1nnc([C@@H](C)N2CCCCC2)n1-c1ccc(F)cc1. The highest BCUT2D eigenvalue weighted by atomic mass is 32.2. The number of amides is 3. The van der Waals surface area contributed by atoms with Gasteiger partial charge in [0.15, 0.2) is 11.0 Å². The number of carbonyl (C=O) groups excluding carboxylic acids is 2. The Morgan fingerprint density at radius 2 is 1.81 bits per heavy atom. The van der Waals surface area contributed by atoms with E-state index in [0.717, 1.165) is 43.9 Å². The van der Waals surface area contributed by atoms with E-state index in [4.69, 9.17) is 0 Å². The summed E-state index contributed by atoms with van der Waals surface area (Å²) < 4.78 is 15.4. The predicted molar refractivity (Wildman–Crippen MR) is 122 cm³/mol. The molecule has 1 fully saturated rings. The maximum Gasteiger partial charge on any atom is 0.321 e. The average molecular weight is 463 g/mol. The van der Waals surface area contributed by atoms with E-state index in [9.17, 15) is 14.0 Å². The van der Waals surface area contributed by atoms with Crippen LogP contribution < -0.4 is 10.6 Å². The number of hydrogen-bond acceptors (Lipinski definition) is 6. The average Bonchev–Trinajstić information content (AvgIpc) is 3.22. The van der Waals surface area contributed by atoms with Gasteiger partial charge in [0.05, 0.1) is 11.8 Å². The molecule has 2 atom stereocenters. The van der Waals surface area contributed by atoms with Crippen LogP contribution in [-0.4, -0.2) is 56.5 Å². The Labute approximate surface area is 192 Å². The Morgan fingerprint density at radius 3 is 2.47 bits per heavy atom. The van der Waals surface area contributed by atoms with Crippen LogP contribution in [-0.2, 0) is 4.79 Å². The monoisotopic (exact) mass is 462 g/mol. The first kappa shape index (κ1) is 24.2. The van der Waals surface area contributed by atoms with E-state index < -0.39 is 11.9 Å². The number of likely N-dealkylation sites (tertiary alicyclic amines) is 1. The molecular weight excluding hydrogens is 431 g/mol. The van der Waals surface area contributed by atoms with Crippen molar-refractivity contribution in [1.29, 1.82) is 0 Å². The van der Waals surface area contributed by atoms with Gasteiger partial charge >= 0.3 is 6.03 Å². The molecule has 0 unspecified atom stereocenters. The lowest BCUT2D eigenvalue weighted by Gasteiger charge is -2.31. The van der Waals surface area contributed by atoms with Gasteiger partial charge in [0.1, 0.15) is 5.82 Å². The summed E-state index contributed by atoms with van der Waals surface area (Å²) >= 11 is 1.19. The molecule has 10 heteroatoms. The molecule has 8 nitrogen and oxygen atoms in total. The Hall–Kier alpha value is -2.46. The van der Waals surface area contributed by atoms with Crippen LogP contribution >= 0.6 is 11.8 Å². The molecule has 0 radical (unpaired) electrons. The van der Waals surface area contributed by atoms with Crippen molar-refractivity contribution in [3.8, 4) is 5.69 Å². The lowest BCUT2D eigenvalue weighted by molar-refractivity contribution is -0.117. The molecule has 2 N–H and O–H groups in total. The molecule has 1 aliphatic rings. The van der Waals surface area contributed by atoms with Crippen LogP contribution in [0.1, 0.15) is 58.3 Å². The number of imide groups is 1. The van der Waals surface area contributed by atoms with Crippen LogP contribution in [0.15, 0.2) is 29.4 Å². The molecule has 1 aromatic heterocycles. The molecule has 0 bridgehead atoms. The molecule has 3 rings (SSSR count). The number of thioether (sulfide) groups is 1. The third-order valence-electron chi connectivity index (χ3n) is 5.63. The number of rotatable bonds is 8. The zero-order valence-electron chi connectivity index (χ0n) is 18.8. The summed E-state index contributed by atoms with van der Waals surface area (Å²) in [6.45, 7) is 7.90. The van der Waals surface area contributed by atoms with Gasteiger partial charge in [-0.1, -0.05) is 25.1 Å². The number of halogens is 1. The molecule has 0 spiro atoms. The van der Waals surface area contributed by atoms with Crippen molar-refractivity contribution >= 4 is 23.7 Å². The molecular formula is C22H31FN6O2S. The lowest BCUT2D eigenvalue weighted by atomic mass is 10.1. The minimum atomic E-state index is -0.510. The van der Waals surface area contributed by atoms with Crippen LogP contribution in [0.25, 0.3) is 5.69 Å². The maximum atomic E-state index is 13.5. The van der Waals surface area contributed by atoms with Crippen LogP contribution in [0, 0.1) is 5.82 Å². The van der Waals surface area contributed by atoms with Crippen molar-refractivity contribution in [3.63, 3.8) is 0 Å². The highest BCUT2D eigenvalue weighted by molar-refractivity contribution is 7.99. The van der Waals surface area contributed by atoms with E-state index in [-0.39, 0.29) is 23.7 Å². The maximum absolute atomic E-state index is 13.5. The van der Waals surface area contributed by atoms with Gasteiger partial charge in [-0.15, -0.1) is 10.2 Å². The molecule has 1 aliphatic heterocycles. The van der Waals surface area contributed by atoms with Gasteiger partial charge in [-0.25, -0.2) is 9.18 Å². The van der Waals surface area contributed by atoms with Gasteiger partial charge in [-0.3, -0.25) is 19.6 Å². The number of piperidine rings is 1. The largest absolute Gasteiger partial charge is 0.335 e. The molecule has 1 saturated heterocycles. The first-order chi connectivity index (χ1) is 15.4. The van der Waals surface area contributed by atoms with Gasteiger partial charge < -0.3 is 5.32 Å². The first-order valence-electron chi connectivity index (χ1n) is 11.1. The number of aromatic nitrogens is 3. The van der Waals surface area contributed by atoms with E-state index in [1.165, 1.54) is 30.3 Å². The lowest BCUT2D eigenvalue weighted by Crippen LogP contribution is -2.43. The van der Waals surface area contributed by atoms with Crippen LogP contribution in [0.2, 0.25) is 0 Å². The van der Waals surface area contributed by atoms with Gasteiger partial charge in [-0.2, -0.15) is 0 Å². The number of urea groups is 1. The third kappa shape index (κ3) is 6.29. The Bertz CT molecular complexity index is 914. The zero-order valence-corrected chi connectivity index (χ0v) is 19.6. The van der Waals surface area contributed by atoms with Crippen molar-refractivity contribution in [3.05, 3.63) is 35.9 Å². The Morgan fingerprint density at radius 1 is 1.12 bits per heavy atom. The molecule has 2 aromatic rings. The summed E-state index contributed by atoms with van der Waals surface area (Å²) in [6, 6.07) is 5.64. The molecule has 0 saturated carbocycles. The standard InChI is InChI=1S/C22H31FN6O2S/c1-4-15(2)24-21(31)25-19(30)14-32-22-27-26-20(16(3)28-12-6-5-7-13-28)29(22)18-10-8-17(23)9-11-18/h8-11,15-16H,4-7,12-14H2,1-3H3,(H2,24,25,30,31)/t15-,16+/m0/s1. The minimum Gasteiger partial charge on any atom is -0.335 e. The van der Waals surface area contributed by atoms with Crippen LogP contribution in [0.5, 0.6) is 0 Å². The zero-order chi connectivity index (χ0) is 23.1. The summed E-state index contributed by atoms with van der Waals surface area (Å²) in [5.74, 6) is 0.00473. The fourth-order valence-electron chi connectivity index (χ4n) is 3.60. The van der Waals surface area contributed by atoms with Crippen molar-refractivity contribution in [1.82, 2.24) is 30.3 Å². The Balaban J connectivity index is 1.76. The summed E-state index contributed by atoms with van der Waals surface area (Å²) in [4.78, 5) is 26.5. The van der Waals surface area contributed by atoms with Gasteiger partial charge in [0.2, 0.25) is 5.91 Å². The smallest absolute Gasteiger partial charge is 0.321 e. The highest BCUT2D eigenvalue weighted by Gasteiger charge is 2.26. The number of carbonyl (C=O) groups is 2. The second-order valence-corrected chi connectivity index (χ2v) is 8.99.